The van der Waals surface area contributed by atoms with Gasteiger partial charge in [-0.3, -0.25) is 9.69 Å². The highest BCUT2D eigenvalue weighted by Crippen LogP contribution is 2.12. The van der Waals surface area contributed by atoms with Gasteiger partial charge in [-0.05, 0) is 20.4 Å². The highest BCUT2D eigenvalue weighted by atomic mass is 16.5. The van der Waals surface area contributed by atoms with Crippen LogP contribution >= 0.6 is 0 Å². The molecule has 0 spiro atoms. The van der Waals surface area contributed by atoms with Gasteiger partial charge in [-0.2, -0.15) is 0 Å². The third-order valence-corrected chi connectivity index (χ3v) is 3.07. The van der Waals surface area contributed by atoms with Crippen LogP contribution in [0.5, 0.6) is 0 Å². The second kappa shape index (κ2) is 6.33. The van der Waals surface area contributed by atoms with E-state index in [0.29, 0.717) is 6.54 Å². The Morgan fingerprint density at radius 1 is 1.65 bits per heavy atom. The van der Waals surface area contributed by atoms with Gasteiger partial charge in [0.1, 0.15) is 5.54 Å². The number of ether oxygens (including phenoxy) is 2. The van der Waals surface area contributed by atoms with Crippen molar-refractivity contribution in [3.05, 3.63) is 0 Å². The third-order valence-electron chi connectivity index (χ3n) is 3.07. The van der Waals surface area contributed by atoms with Crippen LogP contribution in [-0.2, 0) is 14.3 Å². The lowest BCUT2D eigenvalue weighted by Gasteiger charge is -2.37. The zero-order valence-corrected chi connectivity index (χ0v) is 11.3. The first-order valence-corrected chi connectivity index (χ1v) is 6.19. The standard InChI is InChI=1S/C12H24N2O3/c1-5-13-12(3,11(15)16-4)9-14-6-7-17-10(2)8-14/h10,13H,5-9H2,1-4H3. The Hall–Kier alpha value is -0.650. The molecule has 5 nitrogen and oxygen atoms in total. The fourth-order valence-corrected chi connectivity index (χ4v) is 2.29. The second-order valence-corrected chi connectivity index (χ2v) is 4.77. The molecule has 0 amide bonds. The van der Waals surface area contributed by atoms with Crippen LogP contribution in [0.25, 0.3) is 0 Å². The summed E-state index contributed by atoms with van der Waals surface area (Å²) < 4.78 is 10.4. The molecule has 0 aromatic rings. The van der Waals surface area contributed by atoms with Gasteiger partial charge in [0.25, 0.3) is 0 Å². The van der Waals surface area contributed by atoms with E-state index in [0.717, 1.165) is 26.2 Å². The Kier molecular flexibility index (Phi) is 5.36. The summed E-state index contributed by atoms with van der Waals surface area (Å²) in [6.45, 7) is 9.78. The maximum Gasteiger partial charge on any atom is 0.327 e. The van der Waals surface area contributed by atoms with Crippen LogP contribution in [0.4, 0.5) is 0 Å². The van der Waals surface area contributed by atoms with Crippen LogP contribution in [0, 0.1) is 0 Å². The van der Waals surface area contributed by atoms with Crippen molar-refractivity contribution < 1.29 is 14.3 Å². The van der Waals surface area contributed by atoms with Crippen molar-refractivity contribution in [1.82, 2.24) is 10.2 Å². The molecule has 0 saturated carbocycles. The molecule has 1 aliphatic heterocycles. The largest absolute Gasteiger partial charge is 0.468 e. The highest BCUT2D eigenvalue weighted by molar-refractivity contribution is 5.80. The van der Waals surface area contributed by atoms with Crippen LogP contribution in [0.15, 0.2) is 0 Å². The van der Waals surface area contributed by atoms with E-state index in [-0.39, 0.29) is 12.1 Å². The Labute approximate surface area is 103 Å². The number of carbonyl (C=O) groups is 1. The first-order valence-electron chi connectivity index (χ1n) is 6.19. The van der Waals surface area contributed by atoms with Crippen LogP contribution in [0.3, 0.4) is 0 Å². The highest BCUT2D eigenvalue weighted by Gasteiger charge is 2.36. The monoisotopic (exact) mass is 244 g/mol. The van der Waals surface area contributed by atoms with Crippen LogP contribution < -0.4 is 5.32 Å². The van der Waals surface area contributed by atoms with Crippen molar-refractivity contribution in [1.29, 1.82) is 0 Å². The average molecular weight is 244 g/mol. The molecule has 17 heavy (non-hydrogen) atoms. The van der Waals surface area contributed by atoms with Gasteiger partial charge in [-0.15, -0.1) is 0 Å². The Morgan fingerprint density at radius 2 is 2.35 bits per heavy atom. The number of esters is 1. The van der Waals surface area contributed by atoms with Gasteiger partial charge in [-0.25, -0.2) is 0 Å². The molecule has 0 aromatic heterocycles. The van der Waals surface area contributed by atoms with Crippen molar-refractivity contribution in [3.63, 3.8) is 0 Å². The van der Waals surface area contributed by atoms with Gasteiger partial charge in [0.2, 0.25) is 0 Å². The number of nitrogens with one attached hydrogen (secondary N) is 1. The predicted octanol–water partition coefficient (Wildman–Crippen LogP) is 0.248. The van der Waals surface area contributed by atoms with E-state index in [1.807, 2.05) is 13.8 Å². The smallest absolute Gasteiger partial charge is 0.327 e. The molecule has 100 valence electrons. The predicted molar refractivity (Wildman–Crippen MR) is 66.0 cm³/mol. The first kappa shape index (κ1) is 14.4. The summed E-state index contributed by atoms with van der Waals surface area (Å²) in [5.74, 6) is -0.210. The molecule has 1 rings (SSSR count). The van der Waals surface area contributed by atoms with Gasteiger partial charge in [0.15, 0.2) is 0 Å². The first-order chi connectivity index (χ1) is 8.01. The number of methoxy groups -OCH3 is 1. The fourth-order valence-electron chi connectivity index (χ4n) is 2.29. The van der Waals surface area contributed by atoms with Crippen LogP contribution in [0.2, 0.25) is 0 Å². The lowest BCUT2D eigenvalue weighted by molar-refractivity contribution is -0.149. The van der Waals surface area contributed by atoms with Gasteiger partial charge < -0.3 is 14.8 Å². The van der Waals surface area contributed by atoms with Gasteiger partial charge in [0.05, 0.1) is 19.8 Å². The van der Waals surface area contributed by atoms with Gasteiger partial charge in [-0.1, -0.05) is 6.92 Å². The molecule has 1 fully saturated rings. The maximum absolute atomic E-state index is 11.8. The minimum Gasteiger partial charge on any atom is -0.468 e. The lowest BCUT2D eigenvalue weighted by Crippen LogP contribution is -2.59. The normalized spacial score (nSPS) is 25.3. The van der Waals surface area contributed by atoms with E-state index < -0.39 is 5.54 Å². The SMILES string of the molecule is CCNC(C)(CN1CCOC(C)C1)C(=O)OC. The molecule has 2 unspecified atom stereocenters. The second-order valence-electron chi connectivity index (χ2n) is 4.77. The molecule has 5 heteroatoms. The van der Waals surface area contributed by atoms with Crippen LogP contribution in [0.1, 0.15) is 20.8 Å². The number of hydrogen-bond acceptors (Lipinski definition) is 5. The van der Waals surface area contributed by atoms with E-state index in [9.17, 15) is 4.79 Å². The Bertz CT molecular complexity index is 260. The number of carbonyl (C=O) groups excluding carboxylic acids is 1. The van der Waals surface area contributed by atoms with E-state index in [1.54, 1.807) is 0 Å². The summed E-state index contributed by atoms with van der Waals surface area (Å²) in [4.78, 5) is 14.1. The quantitative estimate of drug-likeness (QED) is 0.703. The van der Waals surface area contributed by atoms with Gasteiger partial charge in [0, 0.05) is 19.6 Å². The molecule has 1 heterocycles. The lowest BCUT2D eigenvalue weighted by atomic mass is 10.0. The molecule has 1 saturated heterocycles. The van der Waals surface area contributed by atoms with E-state index >= 15 is 0 Å². The van der Waals surface area contributed by atoms with Crippen molar-refractivity contribution in [2.75, 3.05) is 39.9 Å². The minimum atomic E-state index is -0.638. The number of morpholine rings is 1. The topological polar surface area (TPSA) is 50.8 Å². The molecule has 1 aliphatic rings. The average Bonchev–Trinajstić information content (AvgIpc) is 2.28. The number of likely N-dealkylation sites (N-methyl/N-ethyl adjacent to an activating group) is 1. The molecule has 0 radical (unpaired) electrons. The van der Waals surface area contributed by atoms with E-state index in [1.165, 1.54) is 7.11 Å². The Morgan fingerprint density at radius 3 is 2.88 bits per heavy atom. The van der Waals surface area contributed by atoms with E-state index in [2.05, 4.69) is 17.1 Å². The van der Waals surface area contributed by atoms with Crippen LogP contribution in [-0.4, -0.2) is 62.4 Å². The molecule has 1 N–H and O–H groups in total. The molecule has 2 atom stereocenters. The third kappa shape index (κ3) is 3.94. The number of nitrogens with zero attached hydrogens (tertiary/aromatic N) is 1. The molecule has 0 aliphatic carbocycles. The summed E-state index contributed by atoms with van der Waals surface area (Å²) in [7, 11) is 1.43. The summed E-state index contributed by atoms with van der Waals surface area (Å²) >= 11 is 0. The zero-order chi connectivity index (χ0) is 12.9. The molecular formula is C12H24N2O3. The molecule has 0 bridgehead atoms. The van der Waals surface area contributed by atoms with Crippen molar-refractivity contribution in [2.45, 2.75) is 32.4 Å². The zero-order valence-electron chi connectivity index (χ0n) is 11.3. The summed E-state index contributed by atoms with van der Waals surface area (Å²) in [6, 6.07) is 0. The van der Waals surface area contributed by atoms with Crippen molar-refractivity contribution in [2.24, 2.45) is 0 Å². The molecule has 0 aromatic carbocycles. The fraction of sp³-hybridized carbons (Fsp3) is 0.917. The minimum absolute atomic E-state index is 0.210. The maximum atomic E-state index is 11.8. The summed E-state index contributed by atoms with van der Waals surface area (Å²) in [5.41, 5.74) is -0.638. The molecular weight excluding hydrogens is 220 g/mol. The van der Waals surface area contributed by atoms with E-state index in [4.69, 9.17) is 9.47 Å². The van der Waals surface area contributed by atoms with Gasteiger partial charge >= 0.3 is 5.97 Å². The number of rotatable bonds is 5. The van der Waals surface area contributed by atoms with Crippen molar-refractivity contribution >= 4 is 5.97 Å². The van der Waals surface area contributed by atoms with Crippen molar-refractivity contribution in [3.8, 4) is 0 Å². The Balaban J connectivity index is 2.62. The summed E-state index contributed by atoms with van der Waals surface area (Å²) in [5, 5.41) is 3.21. The number of hydrogen-bond donors (Lipinski definition) is 1. The summed E-state index contributed by atoms with van der Waals surface area (Å²) in [6.07, 6.45) is 0.229.